The maximum absolute atomic E-state index is 11.1. The van der Waals surface area contributed by atoms with Gasteiger partial charge in [0.15, 0.2) is 0 Å². The van der Waals surface area contributed by atoms with Crippen LogP contribution >= 0.6 is 0 Å². The molecular weight excluding hydrogens is 284 g/mol. The minimum atomic E-state index is -0.560. The molecule has 0 radical (unpaired) electrons. The first-order valence-corrected chi connectivity index (χ1v) is 7.65. The molecule has 0 saturated carbocycles. The Kier molecular flexibility index (Phi) is 8.31. The molecule has 0 unspecified atom stereocenters. The van der Waals surface area contributed by atoms with Gasteiger partial charge in [-0.05, 0) is 18.6 Å². The van der Waals surface area contributed by atoms with E-state index in [4.69, 9.17) is 14.2 Å². The third-order valence-corrected chi connectivity index (χ3v) is 3.07. The van der Waals surface area contributed by atoms with E-state index in [1.165, 1.54) is 20.3 Å². The summed E-state index contributed by atoms with van der Waals surface area (Å²) in [5.74, 6) is 5.31. The summed E-state index contributed by atoms with van der Waals surface area (Å²) in [6.45, 7) is 4.84. The first-order valence-electron chi connectivity index (χ1n) is 7.65. The lowest BCUT2D eigenvalue weighted by molar-refractivity contribution is -0.161. The van der Waals surface area contributed by atoms with Gasteiger partial charge in [-0.25, -0.2) is 0 Å². The van der Waals surface area contributed by atoms with Crippen LogP contribution in [0.2, 0.25) is 0 Å². The number of hydrogen-bond acceptors (Lipinski definition) is 5. The fraction of sp³-hybridized carbons (Fsp3) is 0.647. The number of hydrogen-bond donors (Lipinski definition) is 0. The van der Waals surface area contributed by atoms with E-state index in [9.17, 15) is 9.59 Å². The lowest BCUT2D eigenvalue weighted by atomic mass is 10.1. The molecule has 0 fully saturated rings. The van der Waals surface area contributed by atoms with Gasteiger partial charge < -0.3 is 14.2 Å². The maximum atomic E-state index is 11.1. The number of carbonyl (C=O) groups is 2. The molecule has 5 nitrogen and oxygen atoms in total. The SMILES string of the molecule is CCCCCC#C[C@@H]1C=C[C@H](OC(C)=O)[C@@H](COC(C)=O)O1. The predicted octanol–water partition coefficient (Wildman–Crippen LogP) is 2.39. The predicted molar refractivity (Wildman–Crippen MR) is 81.9 cm³/mol. The average molecular weight is 308 g/mol. The molecule has 0 spiro atoms. The summed E-state index contributed by atoms with van der Waals surface area (Å²) in [5, 5.41) is 0. The van der Waals surface area contributed by atoms with Crippen molar-refractivity contribution in [2.24, 2.45) is 0 Å². The molecule has 5 heteroatoms. The number of esters is 2. The zero-order valence-electron chi connectivity index (χ0n) is 13.5. The summed E-state index contributed by atoms with van der Waals surface area (Å²) in [6.07, 6.45) is 6.29. The van der Waals surface area contributed by atoms with Gasteiger partial charge in [-0.2, -0.15) is 0 Å². The van der Waals surface area contributed by atoms with E-state index in [0.717, 1.165) is 19.3 Å². The Bertz CT molecular complexity index is 457. The van der Waals surface area contributed by atoms with Gasteiger partial charge in [0.25, 0.3) is 0 Å². The van der Waals surface area contributed by atoms with Crippen LogP contribution in [0.25, 0.3) is 0 Å². The van der Waals surface area contributed by atoms with Gasteiger partial charge in [-0.3, -0.25) is 9.59 Å². The first-order chi connectivity index (χ1) is 10.5. The van der Waals surface area contributed by atoms with E-state index in [1.54, 1.807) is 12.2 Å². The summed E-state index contributed by atoms with van der Waals surface area (Å²) in [6, 6.07) is 0. The van der Waals surface area contributed by atoms with Gasteiger partial charge in [0.1, 0.15) is 24.9 Å². The topological polar surface area (TPSA) is 61.8 Å². The molecule has 1 heterocycles. The highest BCUT2D eigenvalue weighted by molar-refractivity contribution is 5.66. The van der Waals surface area contributed by atoms with Gasteiger partial charge in [0.2, 0.25) is 0 Å². The second-order valence-electron chi connectivity index (χ2n) is 5.13. The van der Waals surface area contributed by atoms with Crippen molar-refractivity contribution in [2.45, 2.75) is 64.8 Å². The van der Waals surface area contributed by atoms with Crippen LogP contribution in [-0.2, 0) is 23.8 Å². The summed E-state index contributed by atoms with van der Waals surface area (Å²) in [5.41, 5.74) is 0. The van der Waals surface area contributed by atoms with E-state index >= 15 is 0 Å². The highest BCUT2D eigenvalue weighted by atomic mass is 16.6. The molecule has 0 aromatic rings. The molecule has 0 N–H and O–H groups in total. The van der Waals surface area contributed by atoms with Crippen LogP contribution in [0.3, 0.4) is 0 Å². The van der Waals surface area contributed by atoms with Crippen LogP contribution in [-0.4, -0.2) is 36.9 Å². The summed E-state index contributed by atoms with van der Waals surface area (Å²) < 4.78 is 15.9. The van der Waals surface area contributed by atoms with Crippen LogP contribution in [0.5, 0.6) is 0 Å². The van der Waals surface area contributed by atoms with Crippen LogP contribution in [0.15, 0.2) is 12.2 Å². The smallest absolute Gasteiger partial charge is 0.303 e. The van der Waals surface area contributed by atoms with Gasteiger partial charge in [-0.1, -0.05) is 25.7 Å². The van der Waals surface area contributed by atoms with Crippen LogP contribution in [0.1, 0.15) is 46.5 Å². The third-order valence-electron chi connectivity index (χ3n) is 3.07. The van der Waals surface area contributed by atoms with Gasteiger partial charge in [0.05, 0.1) is 0 Å². The number of ether oxygens (including phenoxy) is 3. The van der Waals surface area contributed by atoms with Crippen molar-refractivity contribution in [3.8, 4) is 11.8 Å². The van der Waals surface area contributed by atoms with Crippen LogP contribution in [0.4, 0.5) is 0 Å². The first kappa shape index (κ1) is 18.2. The molecule has 0 aromatic heterocycles. The standard InChI is InChI=1S/C17H24O5/c1-4-5-6-7-8-9-15-10-11-16(21-14(3)19)17(22-15)12-20-13(2)18/h10-11,15-17H,4-7,12H2,1-3H3/t15-,16+,17-/m1/s1. The fourth-order valence-electron chi connectivity index (χ4n) is 2.00. The zero-order chi connectivity index (χ0) is 16.4. The second kappa shape index (κ2) is 10.0. The number of unbranched alkanes of at least 4 members (excludes halogenated alkanes) is 3. The Morgan fingerprint density at radius 2 is 1.95 bits per heavy atom. The lowest BCUT2D eigenvalue weighted by Crippen LogP contribution is -2.41. The highest BCUT2D eigenvalue weighted by Gasteiger charge is 2.29. The molecule has 1 aliphatic heterocycles. The van der Waals surface area contributed by atoms with Crippen LogP contribution < -0.4 is 0 Å². The van der Waals surface area contributed by atoms with Crippen molar-refractivity contribution >= 4 is 11.9 Å². The molecule has 0 aromatic carbocycles. The zero-order valence-corrected chi connectivity index (χ0v) is 13.5. The molecule has 0 aliphatic carbocycles. The Labute approximate surface area is 132 Å². The molecule has 0 amide bonds. The van der Waals surface area contributed by atoms with E-state index < -0.39 is 24.1 Å². The van der Waals surface area contributed by atoms with Gasteiger partial charge >= 0.3 is 11.9 Å². The molecule has 1 aliphatic rings. The summed E-state index contributed by atoms with van der Waals surface area (Å²) in [7, 11) is 0. The fourth-order valence-corrected chi connectivity index (χ4v) is 2.00. The van der Waals surface area contributed by atoms with Gasteiger partial charge in [0, 0.05) is 20.3 Å². The maximum Gasteiger partial charge on any atom is 0.303 e. The summed E-state index contributed by atoms with van der Waals surface area (Å²) in [4.78, 5) is 22.0. The Hall–Kier alpha value is -1.80. The Morgan fingerprint density at radius 1 is 1.18 bits per heavy atom. The quantitative estimate of drug-likeness (QED) is 0.326. The molecule has 1 rings (SSSR count). The van der Waals surface area contributed by atoms with Gasteiger partial charge in [-0.15, -0.1) is 5.92 Å². The highest BCUT2D eigenvalue weighted by Crippen LogP contribution is 2.17. The molecule has 22 heavy (non-hydrogen) atoms. The molecule has 0 bridgehead atoms. The van der Waals surface area contributed by atoms with Crippen molar-refractivity contribution in [2.75, 3.05) is 6.61 Å². The molecule has 3 atom stereocenters. The normalized spacial score (nSPS) is 23.3. The number of rotatable bonds is 6. The van der Waals surface area contributed by atoms with Crippen LogP contribution in [0, 0.1) is 11.8 Å². The van der Waals surface area contributed by atoms with Crippen molar-refractivity contribution < 1.29 is 23.8 Å². The Balaban J connectivity index is 2.60. The van der Waals surface area contributed by atoms with E-state index in [0.29, 0.717) is 0 Å². The molecule has 0 saturated heterocycles. The van der Waals surface area contributed by atoms with E-state index in [2.05, 4.69) is 18.8 Å². The second-order valence-corrected chi connectivity index (χ2v) is 5.13. The minimum absolute atomic E-state index is 0.0334. The van der Waals surface area contributed by atoms with E-state index in [-0.39, 0.29) is 12.7 Å². The van der Waals surface area contributed by atoms with E-state index in [1.807, 2.05) is 0 Å². The van der Waals surface area contributed by atoms with Crippen molar-refractivity contribution in [3.05, 3.63) is 12.2 Å². The van der Waals surface area contributed by atoms with Crippen molar-refractivity contribution in [1.29, 1.82) is 0 Å². The Morgan fingerprint density at radius 3 is 2.59 bits per heavy atom. The summed E-state index contributed by atoms with van der Waals surface area (Å²) >= 11 is 0. The minimum Gasteiger partial charge on any atom is -0.463 e. The molecular formula is C17H24O5. The largest absolute Gasteiger partial charge is 0.463 e. The monoisotopic (exact) mass is 308 g/mol. The van der Waals surface area contributed by atoms with Crippen molar-refractivity contribution in [3.63, 3.8) is 0 Å². The third kappa shape index (κ3) is 7.28. The van der Waals surface area contributed by atoms with Crippen molar-refractivity contribution in [1.82, 2.24) is 0 Å². The molecule has 122 valence electrons. The number of carbonyl (C=O) groups excluding carboxylic acids is 2. The average Bonchev–Trinajstić information content (AvgIpc) is 2.46. The lowest BCUT2D eigenvalue weighted by Gasteiger charge is -2.29.